The molecule has 4 atom stereocenters. The summed E-state index contributed by atoms with van der Waals surface area (Å²) in [5.74, 6) is -3.83. The summed E-state index contributed by atoms with van der Waals surface area (Å²) in [5, 5.41) is 9.94. The summed E-state index contributed by atoms with van der Waals surface area (Å²) in [4.78, 5) is 73.7. The quantitative estimate of drug-likeness (QED) is 0.201. The van der Waals surface area contributed by atoms with Gasteiger partial charge in [-0.05, 0) is 12.3 Å². The standard InChI is InChI=1S/C21H37N7O8/c1-4-12(3)17-20(33)23-6-7-35-8-9-36-11-16(30)24-13(5-2)18(31)27-28-19(32)14(10-15(22)29)25-21(34)26-17/h12-14,17H,4-11H2,1-3H3,(H2,22,29)(H,23,33)(H,24,30)(H,27,31)(H,28,32)(H2,25,26,34)/t12?,13-,14-,17-/m0/s1. The summed E-state index contributed by atoms with van der Waals surface area (Å²) in [7, 11) is 0. The molecule has 36 heavy (non-hydrogen) atoms. The molecular formula is C21H37N7O8. The van der Waals surface area contributed by atoms with Gasteiger partial charge in [-0.15, -0.1) is 0 Å². The average Bonchev–Trinajstić information content (AvgIpc) is 2.83. The van der Waals surface area contributed by atoms with E-state index in [-0.39, 0.29) is 45.3 Å². The van der Waals surface area contributed by atoms with E-state index in [1.54, 1.807) is 13.8 Å². The molecule has 0 aromatic rings. The molecule has 0 radical (unpaired) electrons. The zero-order valence-electron chi connectivity index (χ0n) is 20.8. The molecule has 1 aliphatic heterocycles. The molecule has 1 rings (SSSR count). The summed E-state index contributed by atoms with van der Waals surface area (Å²) >= 11 is 0. The van der Waals surface area contributed by atoms with Crippen molar-refractivity contribution in [2.24, 2.45) is 11.7 Å². The number of carbonyl (C=O) groups excluding carboxylic acids is 6. The maximum Gasteiger partial charge on any atom is 0.316 e. The summed E-state index contributed by atoms with van der Waals surface area (Å²) in [6, 6.07) is -4.26. The Labute approximate surface area is 209 Å². The molecule has 1 heterocycles. The Hall–Kier alpha value is -3.46. The summed E-state index contributed by atoms with van der Waals surface area (Å²) in [6.45, 7) is 5.55. The first-order chi connectivity index (χ1) is 17.1. The molecule has 0 aliphatic carbocycles. The van der Waals surface area contributed by atoms with Crippen LogP contribution in [0.15, 0.2) is 0 Å². The monoisotopic (exact) mass is 515 g/mol. The topological polar surface area (TPSA) is 219 Å². The zero-order valence-corrected chi connectivity index (χ0v) is 20.8. The van der Waals surface area contributed by atoms with Crippen LogP contribution in [0.1, 0.15) is 40.0 Å². The van der Waals surface area contributed by atoms with E-state index in [0.717, 1.165) is 0 Å². The predicted molar refractivity (Wildman–Crippen MR) is 126 cm³/mol. The van der Waals surface area contributed by atoms with Crippen LogP contribution in [-0.2, 0) is 33.4 Å². The van der Waals surface area contributed by atoms with Crippen molar-refractivity contribution >= 4 is 35.6 Å². The smallest absolute Gasteiger partial charge is 0.316 e. The first kappa shape index (κ1) is 30.6. The van der Waals surface area contributed by atoms with Gasteiger partial charge >= 0.3 is 6.03 Å². The van der Waals surface area contributed by atoms with Gasteiger partial charge in [0.25, 0.3) is 11.8 Å². The van der Waals surface area contributed by atoms with Crippen LogP contribution in [0, 0.1) is 5.92 Å². The lowest BCUT2D eigenvalue weighted by molar-refractivity contribution is -0.134. The third-order valence-electron chi connectivity index (χ3n) is 5.33. The third kappa shape index (κ3) is 11.3. The van der Waals surface area contributed by atoms with Crippen molar-refractivity contribution in [3.05, 3.63) is 0 Å². The Kier molecular flexibility index (Phi) is 13.8. The van der Waals surface area contributed by atoms with Crippen molar-refractivity contribution < 1.29 is 38.2 Å². The van der Waals surface area contributed by atoms with Crippen LogP contribution in [0.5, 0.6) is 0 Å². The van der Waals surface area contributed by atoms with Gasteiger partial charge in [0.2, 0.25) is 17.7 Å². The lowest BCUT2D eigenvalue weighted by Crippen LogP contribution is -2.60. The molecule has 15 nitrogen and oxygen atoms in total. The molecule has 0 aromatic heterocycles. The lowest BCUT2D eigenvalue weighted by Gasteiger charge is -2.25. The average molecular weight is 516 g/mol. The molecule has 1 saturated heterocycles. The lowest BCUT2D eigenvalue weighted by atomic mass is 9.98. The number of urea groups is 1. The van der Waals surface area contributed by atoms with E-state index in [1.807, 2.05) is 6.92 Å². The highest BCUT2D eigenvalue weighted by molar-refractivity contribution is 5.94. The number of primary amides is 1. The normalized spacial score (nSPS) is 25.0. The Morgan fingerprint density at radius 1 is 0.917 bits per heavy atom. The number of hydrogen-bond acceptors (Lipinski definition) is 8. The number of hydrazine groups is 1. The number of nitrogens with one attached hydrogen (secondary N) is 6. The molecule has 204 valence electrons. The van der Waals surface area contributed by atoms with E-state index in [4.69, 9.17) is 15.2 Å². The molecule has 1 aliphatic rings. The van der Waals surface area contributed by atoms with E-state index in [1.165, 1.54) is 0 Å². The van der Waals surface area contributed by atoms with Crippen LogP contribution in [-0.4, -0.2) is 86.7 Å². The fourth-order valence-corrected chi connectivity index (χ4v) is 3.08. The van der Waals surface area contributed by atoms with Gasteiger partial charge in [0.15, 0.2) is 0 Å². The molecule has 0 spiro atoms. The minimum absolute atomic E-state index is 0.110. The van der Waals surface area contributed by atoms with Gasteiger partial charge in [0.1, 0.15) is 24.7 Å². The third-order valence-corrected chi connectivity index (χ3v) is 5.33. The van der Waals surface area contributed by atoms with Crippen molar-refractivity contribution in [3.8, 4) is 0 Å². The van der Waals surface area contributed by atoms with E-state index in [2.05, 4.69) is 32.1 Å². The molecule has 15 heteroatoms. The van der Waals surface area contributed by atoms with Crippen LogP contribution >= 0.6 is 0 Å². The molecular weight excluding hydrogens is 478 g/mol. The molecule has 1 fully saturated rings. The van der Waals surface area contributed by atoms with Crippen LogP contribution in [0.25, 0.3) is 0 Å². The molecule has 0 saturated carbocycles. The molecule has 0 aromatic carbocycles. The second-order valence-corrected chi connectivity index (χ2v) is 8.17. The maximum absolute atomic E-state index is 12.7. The first-order valence-corrected chi connectivity index (χ1v) is 11.8. The number of amides is 7. The van der Waals surface area contributed by atoms with E-state index >= 15 is 0 Å². The van der Waals surface area contributed by atoms with Crippen molar-refractivity contribution in [2.75, 3.05) is 33.0 Å². The second kappa shape index (κ2) is 16.3. The summed E-state index contributed by atoms with van der Waals surface area (Å²) < 4.78 is 10.6. The number of ether oxygens (including phenoxy) is 2. The Morgan fingerprint density at radius 2 is 1.56 bits per heavy atom. The van der Waals surface area contributed by atoms with Crippen molar-refractivity contribution in [1.82, 2.24) is 32.1 Å². The van der Waals surface area contributed by atoms with Gasteiger partial charge in [0, 0.05) is 6.54 Å². The van der Waals surface area contributed by atoms with Crippen molar-refractivity contribution in [3.63, 3.8) is 0 Å². The largest absolute Gasteiger partial charge is 0.377 e. The Bertz CT molecular complexity index is 794. The van der Waals surface area contributed by atoms with E-state index in [9.17, 15) is 28.8 Å². The first-order valence-electron chi connectivity index (χ1n) is 11.8. The Morgan fingerprint density at radius 3 is 2.17 bits per heavy atom. The molecule has 7 amide bonds. The van der Waals surface area contributed by atoms with Crippen LogP contribution in [0.2, 0.25) is 0 Å². The van der Waals surface area contributed by atoms with Crippen molar-refractivity contribution in [1.29, 1.82) is 0 Å². The second-order valence-electron chi connectivity index (χ2n) is 8.17. The van der Waals surface area contributed by atoms with E-state index in [0.29, 0.717) is 6.42 Å². The predicted octanol–water partition coefficient (Wildman–Crippen LogP) is -2.85. The molecule has 0 bridgehead atoms. The molecule has 1 unspecified atom stereocenters. The summed E-state index contributed by atoms with van der Waals surface area (Å²) in [5.41, 5.74) is 9.44. The number of carbonyl (C=O) groups is 6. The minimum Gasteiger partial charge on any atom is -0.377 e. The summed E-state index contributed by atoms with van der Waals surface area (Å²) in [6.07, 6.45) is 0.201. The highest BCUT2D eigenvalue weighted by Crippen LogP contribution is 2.08. The fourth-order valence-electron chi connectivity index (χ4n) is 3.08. The highest BCUT2D eigenvalue weighted by Gasteiger charge is 2.29. The SMILES string of the molecule is CCC(C)[C@@H]1NC(=O)N[C@@H](CC(N)=O)C(=O)NNC(=O)[C@H](CC)NC(=O)COCCOCCNC1=O. The van der Waals surface area contributed by atoms with Crippen LogP contribution < -0.4 is 37.9 Å². The Balaban J connectivity index is 3.03. The highest BCUT2D eigenvalue weighted by atomic mass is 16.5. The van der Waals surface area contributed by atoms with Gasteiger partial charge in [-0.2, -0.15) is 0 Å². The number of nitrogens with two attached hydrogens (primary N) is 1. The number of rotatable bonds is 5. The van der Waals surface area contributed by atoms with Gasteiger partial charge in [-0.25, -0.2) is 4.79 Å². The maximum atomic E-state index is 12.7. The zero-order chi connectivity index (χ0) is 27.1. The van der Waals surface area contributed by atoms with Crippen molar-refractivity contribution in [2.45, 2.75) is 58.2 Å². The van der Waals surface area contributed by atoms with Crippen LogP contribution in [0.3, 0.4) is 0 Å². The van der Waals surface area contributed by atoms with Gasteiger partial charge in [0.05, 0.1) is 26.2 Å². The van der Waals surface area contributed by atoms with Crippen LogP contribution in [0.4, 0.5) is 4.79 Å². The van der Waals surface area contributed by atoms with Gasteiger partial charge in [-0.3, -0.25) is 34.8 Å². The minimum atomic E-state index is -1.45. The molecule has 8 N–H and O–H groups in total. The fraction of sp³-hybridized carbons (Fsp3) is 0.714. The van der Waals surface area contributed by atoms with E-state index < -0.39 is 60.1 Å². The number of hydrogen-bond donors (Lipinski definition) is 7. The van der Waals surface area contributed by atoms with Gasteiger partial charge < -0.3 is 36.5 Å². The van der Waals surface area contributed by atoms with Gasteiger partial charge in [-0.1, -0.05) is 27.2 Å².